The van der Waals surface area contributed by atoms with Crippen molar-refractivity contribution in [2.75, 3.05) is 13.1 Å². The van der Waals surface area contributed by atoms with Gasteiger partial charge in [0.2, 0.25) is 9.47 Å². The third kappa shape index (κ3) is 2.45. The summed E-state index contributed by atoms with van der Waals surface area (Å²) in [6, 6.07) is 0. The number of carbonyl (C=O) groups is 1. The molecule has 1 saturated heterocycles. The number of nitrogens with zero attached hydrogens (tertiary/aromatic N) is 3. The van der Waals surface area contributed by atoms with Crippen LogP contribution in [0, 0.1) is 0 Å². The minimum atomic E-state index is -0.285. The average Bonchev–Trinajstić information content (AvgIpc) is 2.65. The first-order valence-electron chi connectivity index (χ1n) is 4.63. The number of piperidine rings is 1. The van der Waals surface area contributed by atoms with Gasteiger partial charge < -0.3 is 10.0 Å². The Labute approximate surface area is 95.7 Å². The molecule has 1 aliphatic heterocycles. The zero-order valence-electron chi connectivity index (χ0n) is 7.89. The summed E-state index contributed by atoms with van der Waals surface area (Å²) in [5.41, 5.74) is 0. The van der Waals surface area contributed by atoms with Crippen molar-refractivity contribution in [3.05, 3.63) is 9.47 Å². The number of rotatable bonds is 1. The van der Waals surface area contributed by atoms with Crippen LogP contribution in [0.1, 0.15) is 22.6 Å². The number of carbonyl (C=O) groups excluding carboxylic acids is 1. The molecule has 82 valence electrons. The number of likely N-dealkylation sites (tertiary alicyclic amines) is 1. The molecule has 1 fully saturated rings. The van der Waals surface area contributed by atoms with Crippen molar-refractivity contribution in [1.29, 1.82) is 0 Å². The van der Waals surface area contributed by atoms with Crippen LogP contribution in [0.3, 0.4) is 0 Å². The SMILES string of the molecule is O=C(c1nnc(Cl)s1)N1CCC(O)CC1. The number of aliphatic hydroxyl groups excluding tert-OH is 1. The van der Waals surface area contributed by atoms with Crippen molar-refractivity contribution in [1.82, 2.24) is 15.1 Å². The van der Waals surface area contributed by atoms with Gasteiger partial charge in [0.1, 0.15) is 0 Å². The highest BCUT2D eigenvalue weighted by Crippen LogP contribution is 2.19. The number of hydrogen-bond donors (Lipinski definition) is 1. The smallest absolute Gasteiger partial charge is 0.284 e. The van der Waals surface area contributed by atoms with Gasteiger partial charge in [0.05, 0.1) is 6.10 Å². The van der Waals surface area contributed by atoms with E-state index in [2.05, 4.69) is 10.2 Å². The monoisotopic (exact) mass is 247 g/mol. The molecule has 5 nitrogen and oxygen atoms in total. The predicted octanol–water partition coefficient (Wildman–Crippen LogP) is 0.788. The fourth-order valence-corrected chi connectivity index (χ4v) is 2.29. The lowest BCUT2D eigenvalue weighted by Gasteiger charge is -2.28. The maximum Gasteiger partial charge on any atom is 0.284 e. The van der Waals surface area contributed by atoms with Gasteiger partial charge in [-0.15, -0.1) is 10.2 Å². The first-order chi connectivity index (χ1) is 7.16. The van der Waals surface area contributed by atoms with Gasteiger partial charge in [-0.25, -0.2) is 0 Å². The van der Waals surface area contributed by atoms with Gasteiger partial charge in [0, 0.05) is 13.1 Å². The van der Waals surface area contributed by atoms with E-state index in [1.807, 2.05) is 0 Å². The van der Waals surface area contributed by atoms with Crippen molar-refractivity contribution in [2.45, 2.75) is 18.9 Å². The molecular formula is C8H10ClN3O2S. The first-order valence-corrected chi connectivity index (χ1v) is 5.82. The predicted molar refractivity (Wildman–Crippen MR) is 56.1 cm³/mol. The van der Waals surface area contributed by atoms with Gasteiger partial charge in [0.25, 0.3) is 5.91 Å². The Morgan fingerprint density at radius 3 is 2.67 bits per heavy atom. The molecule has 1 aromatic heterocycles. The molecule has 0 aliphatic carbocycles. The maximum atomic E-state index is 11.8. The van der Waals surface area contributed by atoms with E-state index in [1.54, 1.807) is 4.90 Å². The molecule has 0 bridgehead atoms. The molecule has 1 aliphatic rings. The Bertz CT molecular complexity index is 363. The number of halogens is 1. The molecule has 1 amide bonds. The molecule has 0 aromatic carbocycles. The molecule has 1 aromatic rings. The van der Waals surface area contributed by atoms with Gasteiger partial charge in [-0.3, -0.25) is 4.79 Å². The summed E-state index contributed by atoms with van der Waals surface area (Å²) in [5, 5.41) is 16.9. The highest BCUT2D eigenvalue weighted by atomic mass is 35.5. The first kappa shape index (κ1) is 10.8. The van der Waals surface area contributed by atoms with Crippen molar-refractivity contribution >= 4 is 28.8 Å². The van der Waals surface area contributed by atoms with Crippen molar-refractivity contribution in [2.24, 2.45) is 0 Å². The number of aromatic nitrogens is 2. The highest BCUT2D eigenvalue weighted by molar-refractivity contribution is 7.17. The molecular weight excluding hydrogens is 238 g/mol. The van der Waals surface area contributed by atoms with Crippen LogP contribution in [0.4, 0.5) is 0 Å². The Kier molecular flexibility index (Phi) is 3.18. The van der Waals surface area contributed by atoms with Crippen LogP contribution in [-0.2, 0) is 0 Å². The molecule has 0 unspecified atom stereocenters. The lowest BCUT2D eigenvalue weighted by Crippen LogP contribution is -2.40. The third-order valence-corrected chi connectivity index (χ3v) is 3.34. The molecule has 0 radical (unpaired) electrons. The van der Waals surface area contributed by atoms with E-state index in [9.17, 15) is 9.90 Å². The van der Waals surface area contributed by atoms with E-state index < -0.39 is 0 Å². The Balaban J connectivity index is 2.02. The summed E-state index contributed by atoms with van der Waals surface area (Å²) < 4.78 is 0.274. The largest absolute Gasteiger partial charge is 0.393 e. The average molecular weight is 248 g/mol. The lowest BCUT2D eigenvalue weighted by atomic mass is 10.1. The fraction of sp³-hybridized carbons (Fsp3) is 0.625. The van der Waals surface area contributed by atoms with Gasteiger partial charge in [-0.2, -0.15) is 0 Å². The Morgan fingerprint density at radius 2 is 2.13 bits per heavy atom. The van der Waals surface area contributed by atoms with Crippen molar-refractivity contribution in [3.63, 3.8) is 0 Å². The molecule has 0 saturated carbocycles. The zero-order valence-corrected chi connectivity index (χ0v) is 9.46. The molecule has 1 N–H and O–H groups in total. The van der Waals surface area contributed by atoms with Crippen LogP contribution in [0.25, 0.3) is 0 Å². The van der Waals surface area contributed by atoms with Crippen LogP contribution in [0.2, 0.25) is 4.47 Å². The van der Waals surface area contributed by atoms with Crippen molar-refractivity contribution in [3.8, 4) is 0 Å². The molecule has 7 heteroatoms. The van der Waals surface area contributed by atoms with E-state index in [1.165, 1.54) is 0 Å². The second-order valence-electron chi connectivity index (χ2n) is 3.38. The van der Waals surface area contributed by atoms with Gasteiger partial charge in [-0.05, 0) is 24.4 Å². The number of amides is 1. The van der Waals surface area contributed by atoms with E-state index >= 15 is 0 Å². The van der Waals surface area contributed by atoms with Crippen LogP contribution in [-0.4, -0.2) is 45.3 Å². The summed E-state index contributed by atoms with van der Waals surface area (Å²) in [7, 11) is 0. The topological polar surface area (TPSA) is 66.3 Å². The summed E-state index contributed by atoms with van der Waals surface area (Å²) in [6.07, 6.45) is 0.961. The Hall–Kier alpha value is -0.720. The molecule has 0 atom stereocenters. The molecule has 0 spiro atoms. The summed E-state index contributed by atoms with van der Waals surface area (Å²) >= 11 is 6.68. The summed E-state index contributed by atoms with van der Waals surface area (Å²) in [5.74, 6) is -0.147. The van der Waals surface area contributed by atoms with Gasteiger partial charge >= 0.3 is 0 Å². The van der Waals surface area contributed by atoms with Crippen LogP contribution >= 0.6 is 22.9 Å². The van der Waals surface area contributed by atoms with E-state index in [-0.39, 0.29) is 16.5 Å². The third-order valence-electron chi connectivity index (χ3n) is 2.33. The van der Waals surface area contributed by atoms with Crippen molar-refractivity contribution < 1.29 is 9.90 Å². The van der Waals surface area contributed by atoms with Gasteiger partial charge in [0.15, 0.2) is 0 Å². The molecule has 15 heavy (non-hydrogen) atoms. The number of hydrogen-bond acceptors (Lipinski definition) is 5. The van der Waals surface area contributed by atoms with Gasteiger partial charge in [-0.1, -0.05) is 11.3 Å². The number of aliphatic hydroxyl groups is 1. The second-order valence-corrected chi connectivity index (χ2v) is 4.94. The quantitative estimate of drug-likeness (QED) is 0.797. The zero-order chi connectivity index (χ0) is 10.8. The fourth-order valence-electron chi connectivity index (χ4n) is 1.50. The Morgan fingerprint density at radius 1 is 1.47 bits per heavy atom. The van der Waals surface area contributed by atoms with Crippen LogP contribution in [0.15, 0.2) is 0 Å². The van der Waals surface area contributed by atoms with Crippen LogP contribution in [0.5, 0.6) is 0 Å². The second kappa shape index (κ2) is 4.42. The minimum absolute atomic E-state index is 0.147. The summed E-state index contributed by atoms with van der Waals surface area (Å²) in [4.78, 5) is 13.5. The standard InChI is InChI=1S/C8H10ClN3O2S/c9-8-11-10-6(15-8)7(14)12-3-1-5(13)2-4-12/h5,13H,1-4H2. The lowest BCUT2D eigenvalue weighted by molar-refractivity contribution is 0.0545. The highest BCUT2D eigenvalue weighted by Gasteiger charge is 2.24. The maximum absolute atomic E-state index is 11.8. The normalized spacial score (nSPS) is 18.1. The summed E-state index contributed by atoms with van der Waals surface area (Å²) in [6.45, 7) is 1.13. The van der Waals surface area contributed by atoms with Crippen LogP contribution < -0.4 is 0 Å². The minimum Gasteiger partial charge on any atom is -0.393 e. The van der Waals surface area contributed by atoms with E-state index in [0.29, 0.717) is 30.9 Å². The van der Waals surface area contributed by atoms with E-state index in [0.717, 1.165) is 11.3 Å². The van der Waals surface area contributed by atoms with E-state index in [4.69, 9.17) is 11.6 Å². The molecule has 2 heterocycles. The molecule has 2 rings (SSSR count).